The maximum atomic E-state index is 5.36. The zero-order valence-electron chi connectivity index (χ0n) is 11.7. The first-order valence-corrected chi connectivity index (χ1v) is 6.85. The van der Waals surface area contributed by atoms with E-state index in [1.165, 1.54) is 0 Å². The molecule has 0 aliphatic carbocycles. The fourth-order valence-corrected chi connectivity index (χ4v) is 2.42. The number of aromatic nitrogens is 4. The summed E-state index contributed by atoms with van der Waals surface area (Å²) in [6.45, 7) is 2.01. The van der Waals surface area contributed by atoms with Crippen molar-refractivity contribution >= 4 is 12.2 Å². The first kappa shape index (κ1) is 13.5. The average Bonchev–Trinajstić information content (AvgIpc) is 2.89. The highest BCUT2D eigenvalue weighted by atomic mass is 32.1. The maximum absolute atomic E-state index is 5.36. The number of methoxy groups -OCH3 is 1. The molecule has 0 atom stereocenters. The van der Waals surface area contributed by atoms with Crippen LogP contribution in [-0.2, 0) is 0 Å². The average molecular weight is 298 g/mol. The highest BCUT2D eigenvalue weighted by Crippen LogP contribution is 2.24. The van der Waals surface area contributed by atoms with Crippen LogP contribution in [0.3, 0.4) is 0 Å². The molecule has 0 aliphatic rings. The quantitative estimate of drug-likeness (QED) is 0.754. The molecule has 0 fully saturated rings. The Kier molecular flexibility index (Phi) is 3.53. The predicted octanol–water partition coefficient (Wildman–Crippen LogP) is 3.31. The molecule has 106 valence electrons. The maximum Gasteiger partial charge on any atom is 0.200 e. The van der Waals surface area contributed by atoms with Crippen molar-refractivity contribution in [2.75, 3.05) is 7.11 Å². The number of benzene rings is 1. The van der Waals surface area contributed by atoms with Crippen LogP contribution in [-0.4, -0.2) is 26.9 Å². The van der Waals surface area contributed by atoms with Crippen LogP contribution in [0.25, 0.3) is 17.2 Å². The van der Waals surface area contributed by atoms with Crippen LogP contribution in [0.4, 0.5) is 0 Å². The first-order chi connectivity index (χ1) is 10.2. The fourth-order valence-electron chi connectivity index (χ4n) is 2.19. The van der Waals surface area contributed by atoms with Gasteiger partial charge in [0.1, 0.15) is 11.4 Å². The molecular weight excluding hydrogens is 284 g/mol. The third-order valence-electron chi connectivity index (χ3n) is 3.21. The Morgan fingerprint density at radius 3 is 2.76 bits per heavy atom. The summed E-state index contributed by atoms with van der Waals surface area (Å²) in [6.07, 6.45) is 1.73. The second-order valence-corrected chi connectivity index (χ2v) is 4.94. The number of aryl methyl sites for hydroxylation is 1. The summed E-state index contributed by atoms with van der Waals surface area (Å²) in [5.74, 6) is 1.50. The number of nitrogens with one attached hydrogen (secondary N) is 1. The van der Waals surface area contributed by atoms with Gasteiger partial charge in [-0.25, -0.2) is 0 Å². The molecule has 6 heteroatoms. The minimum Gasteiger partial charge on any atom is -0.497 e. The second kappa shape index (κ2) is 5.49. The summed E-state index contributed by atoms with van der Waals surface area (Å²) in [7, 11) is 1.65. The summed E-state index contributed by atoms with van der Waals surface area (Å²) in [6, 6.07) is 11.5. The number of pyridine rings is 1. The van der Waals surface area contributed by atoms with Gasteiger partial charge in [0.25, 0.3) is 0 Å². The van der Waals surface area contributed by atoms with Crippen LogP contribution in [0.5, 0.6) is 5.75 Å². The van der Waals surface area contributed by atoms with E-state index >= 15 is 0 Å². The normalized spacial score (nSPS) is 10.6. The van der Waals surface area contributed by atoms with Crippen LogP contribution in [0, 0.1) is 11.7 Å². The van der Waals surface area contributed by atoms with E-state index in [4.69, 9.17) is 17.0 Å². The van der Waals surface area contributed by atoms with Crippen LogP contribution >= 0.6 is 12.2 Å². The van der Waals surface area contributed by atoms with Crippen LogP contribution in [0.1, 0.15) is 5.56 Å². The summed E-state index contributed by atoms with van der Waals surface area (Å²) in [5.41, 5.74) is 2.76. The molecule has 0 saturated carbocycles. The van der Waals surface area contributed by atoms with Gasteiger partial charge >= 0.3 is 0 Å². The van der Waals surface area contributed by atoms with Crippen molar-refractivity contribution in [2.24, 2.45) is 0 Å². The molecule has 3 aromatic rings. The van der Waals surface area contributed by atoms with E-state index in [0.717, 1.165) is 22.7 Å². The summed E-state index contributed by atoms with van der Waals surface area (Å²) < 4.78 is 7.65. The zero-order chi connectivity index (χ0) is 14.8. The van der Waals surface area contributed by atoms with Gasteiger partial charge in [-0.1, -0.05) is 6.07 Å². The van der Waals surface area contributed by atoms with Crippen molar-refractivity contribution in [1.82, 2.24) is 19.7 Å². The predicted molar refractivity (Wildman–Crippen MR) is 83.3 cm³/mol. The number of ether oxygens (including phenoxy) is 1. The highest BCUT2D eigenvalue weighted by molar-refractivity contribution is 7.71. The van der Waals surface area contributed by atoms with Gasteiger partial charge in [0.2, 0.25) is 0 Å². The van der Waals surface area contributed by atoms with E-state index < -0.39 is 0 Å². The monoisotopic (exact) mass is 298 g/mol. The Balaban J connectivity index is 2.20. The van der Waals surface area contributed by atoms with E-state index in [2.05, 4.69) is 15.2 Å². The van der Waals surface area contributed by atoms with Crippen molar-refractivity contribution in [3.63, 3.8) is 0 Å². The molecule has 0 spiro atoms. The van der Waals surface area contributed by atoms with E-state index in [1.54, 1.807) is 13.3 Å². The van der Waals surface area contributed by atoms with Gasteiger partial charge in [-0.15, -0.1) is 0 Å². The van der Waals surface area contributed by atoms with Crippen molar-refractivity contribution in [3.05, 3.63) is 52.9 Å². The van der Waals surface area contributed by atoms with E-state index in [-0.39, 0.29) is 0 Å². The van der Waals surface area contributed by atoms with E-state index in [1.807, 2.05) is 47.9 Å². The Hall–Kier alpha value is -2.47. The Labute approximate surface area is 127 Å². The Morgan fingerprint density at radius 2 is 2.10 bits per heavy atom. The molecule has 0 radical (unpaired) electrons. The van der Waals surface area contributed by atoms with Crippen LogP contribution in [0.15, 0.2) is 42.6 Å². The lowest BCUT2D eigenvalue weighted by Crippen LogP contribution is -2.01. The van der Waals surface area contributed by atoms with Gasteiger partial charge < -0.3 is 4.74 Å². The third-order valence-corrected chi connectivity index (χ3v) is 3.49. The largest absolute Gasteiger partial charge is 0.497 e. The highest BCUT2D eigenvalue weighted by Gasteiger charge is 2.13. The van der Waals surface area contributed by atoms with Gasteiger partial charge in [0.15, 0.2) is 10.6 Å². The number of hydrogen-bond acceptors (Lipinski definition) is 4. The number of hydrogen-bond donors (Lipinski definition) is 1. The molecular formula is C15H14N4OS. The molecule has 21 heavy (non-hydrogen) atoms. The van der Waals surface area contributed by atoms with E-state index in [9.17, 15) is 0 Å². The van der Waals surface area contributed by atoms with Crippen molar-refractivity contribution in [3.8, 4) is 23.0 Å². The molecule has 1 aromatic carbocycles. The Morgan fingerprint density at radius 1 is 1.24 bits per heavy atom. The lowest BCUT2D eigenvalue weighted by atomic mass is 10.2. The lowest BCUT2D eigenvalue weighted by Gasteiger charge is -2.11. The minimum absolute atomic E-state index is 0.531. The summed E-state index contributed by atoms with van der Waals surface area (Å²) in [5, 5.41) is 7.13. The molecule has 5 nitrogen and oxygen atoms in total. The lowest BCUT2D eigenvalue weighted by molar-refractivity contribution is 0.414. The molecule has 2 aromatic heterocycles. The second-order valence-electron chi connectivity index (χ2n) is 4.56. The fraction of sp³-hybridized carbons (Fsp3) is 0.133. The number of rotatable bonds is 3. The number of H-pyrrole nitrogens is 1. The van der Waals surface area contributed by atoms with Crippen molar-refractivity contribution in [2.45, 2.75) is 6.92 Å². The minimum atomic E-state index is 0.531. The number of nitrogens with zero attached hydrogens (tertiary/aromatic N) is 3. The molecule has 3 rings (SSSR count). The molecule has 0 aliphatic heterocycles. The van der Waals surface area contributed by atoms with E-state index in [0.29, 0.717) is 10.6 Å². The standard InChI is InChI=1S/C15H14N4OS/c1-10-9-11(20-2)6-7-13(10)19-14(17-18-15(19)21)12-5-3-4-8-16-12/h3-9H,1-2H3,(H,18,21). The van der Waals surface area contributed by atoms with Gasteiger partial charge in [0, 0.05) is 6.20 Å². The molecule has 0 saturated heterocycles. The van der Waals surface area contributed by atoms with Gasteiger partial charge in [-0.05, 0) is 55.0 Å². The van der Waals surface area contributed by atoms with Crippen molar-refractivity contribution in [1.29, 1.82) is 0 Å². The SMILES string of the molecule is COc1ccc(-n2c(-c3ccccn3)n[nH]c2=S)c(C)c1. The van der Waals surface area contributed by atoms with Crippen molar-refractivity contribution < 1.29 is 4.74 Å². The molecule has 1 N–H and O–H groups in total. The molecule has 2 heterocycles. The summed E-state index contributed by atoms with van der Waals surface area (Å²) in [4.78, 5) is 4.34. The van der Waals surface area contributed by atoms with Gasteiger partial charge in [0.05, 0.1) is 12.8 Å². The zero-order valence-corrected chi connectivity index (χ0v) is 12.5. The van der Waals surface area contributed by atoms with Crippen LogP contribution < -0.4 is 4.74 Å². The molecule has 0 amide bonds. The Bertz CT molecular complexity index is 823. The number of aromatic amines is 1. The topological polar surface area (TPSA) is 55.7 Å². The summed E-state index contributed by atoms with van der Waals surface area (Å²) >= 11 is 5.36. The molecule has 0 unspecified atom stereocenters. The van der Waals surface area contributed by atoms with Gasteiger partial charge in [-0.3, -0.25) is 14.6 Å². The first-order valence-electron chi connectivity index (χ1n) is 6.44. The smallest absolute Gasteiger partial charge is 0.200 e. The van der Waals surface area contributed by atoms with Gasteiger partial charge in [-0.2, -0.15) is 5.10 Å². The molecule has 0 bridgehead atoms. The van der Waals surface area contributed by atoms with Crippen LogP contribution in [0.2, 0.25) is 0 Å². The third kappa shape index (κ3) is 2.45.